The third-order valence-corrected chi connectivity index (χ3v) is 4.14. The average Bonchev–Trinajstić information content (AvgIpc) is 2.65. The summed E-state index contributed by atoms with van der Waals surface area (Å²) in [6, 6.07) is 14.6. The maximum Gasteiger partial charge on any atom is 0.233 e. The van der Waals surface area contributed by atoms with Gasteiger partial charge in [-0.05, 0) is 12.1 Å². The van der Waals surface area contributed by atoms with Crippen molar-refractivity contribution < 1.29 is 14.3 Å². The zero-order valence-electron chi connectivity index (χ0n) is 13.4. The van der Waals surface area contributed by atoms with Crippen molar-refractivity contribution >= 4 is 33.9 Å². The number of ether oxygens (including phenoxy) is 1. The first kappa shape index (κ1) is 15.1. The van der Waals surface area contributed by atoms with Crippen molar-refractivity contribution in [1.29, 1.82) is 0 Å². The number of carbonyl (C=O) groups excluding carboxylic acids is 2. The van der Waals surface area contributed by atoms with E-state index >= 15 is 0 Å². The zero-order chi connectivity index (χ0) is 17.4. The summed E-state index contributed by atoms with van der Waals surface area (Å²) in [5, 5.41) is 4.16. The Kier molecular flexibility index (Phi) is 3.54. The molecule has 1 aromatic heterocycles. The molecule has 0 bridgehead atoms. The summed E-state index contributed by atoms with van der Waals surface area (Å²) in [5.74, 6) is -0.355. The maximum absolute atomic E-state index is 12.1. The Balaban J connectivity index is 1.85. The van der Waals surface area contributed by atoms with Gasteiger partial charge in [-0.1, -0.05) is 30.3 Å². The molecule has 1 aliphatic rings. The van der Waals surface area contributed by atoms with Crippen molar-refractivity contribution in [3.63, 3.8) is 0 Å². The second-order valence-electron chi connectivity index (χ2n) is 5.67. The van der Waals surface area contributed by atoms with Crippen LogP contribution in [0.5, 0.6) is 5.75 Å². The Morgan fingerprint density at radius 2 is 1.80 bits per heavy atom. The monoisotopic (exact) mass is 330 g/mol. The van der Waals surface area contributed by atoms with Gasteiger partial charge in [-0.3, -0.25) is 14.6 Å². The van der Waals surface area contributed by atoms with Crippen LogP contribution in [0.15, 0.2) is 60.8 Å². The Labute approximate surface area is 144 Å². The predicted molar refractivity (Wildman–Crippen MR) is 95.7 cm³/mol. The van der Waals surface area contributed by atoms with E-state index in [1.807, 2.05) is 36.4 Å². The lowest BCUT2D eigenvalue weighted by molar-refractivity contribution is -0.111. The summed E-state index contributed by atoms with van der Waals surface area (Å²) in [4.78, 5) is 28.5. The summed E-state index contributed by atoms with van der Waals surface area (Å²) in [5.41, 5.74) is 3.13. The Morgan fingerprint density at radius 3 is 2.60 bits per heavy atom. The molecule has 0 radical (unpaired) electrons. The van der Waals surface area contributed by atoms with E-state index in [0.29, 0.717) is 28.3 Å². The van der Waals surface area contributed by atoms with Gasteiger partial charge < -0.3 is 10.1 Å². The number of ketones is 2. The smallest absolute Gasteiger partial charge is 0.233 e. The average molecular weight is 330 g/mol. The standard InChI is InChI=1S/C20H14N2O3/c1-25-13-9-12-5-4-8-21-19(12)17(10-13)22-16-11-18(23)20(24)15-7-3-2-6-14(15)16/h2-11,22H,1H3. The number of rotatable bonds is 3. The zero-order valence-corrected chi connectivity index (χ0v) is 13.4. The summed E-state index contributed by atoms with van der Waals surface area (Å²) in [6.45, 7) is 0. The van der Waals surface area contributed by atoms with Gasteiger partial charge in [0.1, 0.15) is 5.75 Å². The van der Waals surface area contributed by atoms with E-state index in [9.17, 15) is 9.59 Å². The van der Waals surface area contributed by atoms with Crippen LogP contribution in [0.2, 0.25) is 0 Å². The van der Waals surface area contributed by atoms with Gasteiger partial charge in [-0.2, -0.15) is 0 Å². The molecule has 0 saturated carbocycles. The van der Waals surface area contributed by atoms with Gasteiger partial charge in [-0.25, -0.2) is 0 Å². The molecule has 1 heterocycles. The summed E-state index contributed by atoms with van der Waals surface area (Å²) in [7, 11) is 1.60. The lowest BCUT2D eigenvalue weighted by Crippen LogP contribution is -2.21. The highest BCUT2D eigenvalue weighted by molar-refractivity contribution is 6.50. The maximum atomic E-state index is 12.1. The van der Waals surface area contributed by atoms with Gasteiger partial charge in [0.15, 0.2) is 0 Å². The van der Waals surface area contributed by atoms with Gasteiger partial charge in [-0.15, -0.1) is 0 Å². The predicted octanol–water partition coefficient (Wildman–Crippen LogP) is 3.46. The van der Waals surface area contributed by atoms with E-state index in [0.717, 1.165) is 10.9 Å². The molecule has 0 spiro atoms. The number of allylic oxidation sites excluding steroid dienone is 1. The molecule has 5 nitrogen and oxygen atoms in total. The molecular formula is C20H14N2O3. The number of hydrogen-bond donors (Lipinski definition) is 1. The number of aromatic nitrogens is 1. The molecule has 0 aliphatic heterocycles. The minimum atomic E-state index is -0.540. The highest BCUT2D eigenvalue weighted by Crippen LogP contribution is 2.32. The van der Waals surface area contributed by atoms with Crippen molar-refractivity contribution in [2.24, 2.45) is 0 Å². The van der Waals surface area contributed by atoms with Gasteiger partial charge in [0.25, 0.3) is 0 Å². The third kappa shape index (κ3) is 2.55. The molecule has 25 heavy (non-hydrogen) atoms. The lowest BCUT2D eigenvalue weighted by atomic mass is 9.92. The van der Waals surface area contributed by atoms with Crippen molar-refractivity contribution in [1.82, 2.24) is 4.98 Å². The number of anilines is 1. The van der Waals surface area contributed by atoms with E-state index in [-0.39, 0.29) is 0 Å². The number of pyridine rings is 1. The van der Waals surface area contributed by atoms with Crippen LogP contribution >= 0.6 is 0 Å². The fourth-order valence-corrected chi connectivity index (χ4v) is 2.95. The van der Waals surface area contributed by atoms with E-state index in [1.165, 1.54) is 6.08 Å². The molecular weight excluding hydrogens is 316 g/mol. The largest absolute Gasteiger partial charge is 0.497 e. The number of carbonyl (C=O) groups is 2. The molecule has 0 atom stereocenters. The number of hydrogen-bond acceptors (Lipinski definition) is 5. The first-order chi connectivity index (χ1) is 12.2. The van der Waals surface area contributed by atoms with Crippen LogP contribution in [-0.4, -0.2) is 23.7 Å². The topological polar surface area (TPSA) is 68.3 Å². The molecule has 0 fully saturated rings. The third-order valence-electron chi connectivity index (χ3n) is 4.14. The second-order valence-corrected chi connectivity index (χ2v) is 5.67. The van der Waals surface area contributed by atoms with Crippen LogP contribution in [-0.2, 0) is 4.79 Å². The lowest BCUT2D eigenvalue weighted by Gasteiger charge is -2.19. The molecule has 0 amide bonds. The molecule has 0 saturated heterocycles. The van der Waals surface area contributed by atoms with Crippen LogP contribution in [0.1, 0.15) is 15.9 Å². The van der Waals surface area contributed by atoms with Gasteiger partial charge in [0, 0.05) is 34.9 Å². The van der Waals surface area contributed by atoms with E-state index < -0.39 is 11.6 Å². The summed E-state index contributed by atoms with van der Waals surface area (Å²) in [6.07, 6.45) is 3.04. The number of methoxy groups -OCH3 is 1. The highest BCUT2D eigenvalue weighted by Gasteiger charge is 2.25. The fourth-order valence-electron chi connectivity index (χ4n) is 2.95. The molecule has 2 aromatic carbocycles. The van der Waals surface area contributed by atoms with Crippen LogP contribution < -0.4 is 10.1 Å². The Hall–Kier alpha value is -3.47. The number of Topliss-reactive ketones (excluding diaryl/α,β-unsaturated/α-hetero) is 1. The van der Waals surface area contributed by atoms with Crippen molar-refractivity contribution in [3.05, 3.63) is 71.9 Å². The van der Waals surface area contributed by atoms with Crippen LogP contribution in [0.25, 0.3) is 16.6 Å². The number of nitrogens with one attached hydrogen (secondary N) is 1. The van der Waals surface area contributed by atoms with Gasteiger partial charge in [0.2, 0.25) is 11.6 Å². The van der Waals surface area contributed by atoms with E-state index in [4.69, 9.17) is 4.74 Å². The van der Waals surface area contributed by atoms with Gasteiger partial charge >= 0.3 is 0 Å². The number of fused-ring (bicyclic) bond motifs is 2. The SMILES string of the molecule is COc1cc(NC2=CC(=O)C(=O)c3ccccc32)c2ncccc2c1. The van der Waals surface area contributed by atoms with E-state index in [2.05, 4.69) is 10.3 Å². The molecule has 3 aromatic rings. The molecule has 1 N–H and O–H groups in total. The minimum absolute atomic E-state index is 0.401. The minimum Gasteiger partial charge on any atom is -0.497 e. The van der Waals surface area contributed by atoms with Crippen LogP contribution in [0, 0.1) is 0 Å². The second kappa shape index (κ2) is 5.87. The summed E-state index contributed by atoms with van der Waals surface area (Å²) < 4.78 is 5.35. The van der Waals surface area contributed by atoms with Crippen LogP contribution in [0.4, 0.5) is 5.69 Å². The number of benzene rings is 2. The first-order valence-electron chi connectivity index (χ1n) is 7.77. The van der Waals surface area contributed by atoms with Crippen molar-refractivity contribution in [2.75, 3.05) is 12.4 Å². The van der Waals surface area contributed by atoms with Crippen LogP contribution in [0.3, 0.4) is 0 Å². The molecule has 5 heteroatoms. The summed E-state index contributed by atoms with van der Waals surface area (Å²) >= 11 is 0. The first-order valence-corrected chi connectivity index (χ1v) is 7.77. The van der Waals surface area contributed by atoms with Gasteiger partial charge in [0.05, 0.1) is 24.0 Å². The highest BCUT2D eigenvalue weighted by atomic mass is 16.5. The van der Waals surface area contributed by atoms with Crippen molar-refractivity contribution in [3.8, 4) is 5.75 Å². The number of nitrogens with zero attached hydrogens (tertiary/aromatic N) is 1. The Bertz CT molecular complexity index is 1050. The molecule has 0 unspecified atom stereocenters. The van der Waals surface area contributed by atoms with E-state index in [1.54, 1.807) is 25.4 Å². The molecule has 1 aliphatic carbocycles. The quantitative estimate of drug-likeness (QED) is 0.745. The van der Waals surface area contributed by atoms with Crippen molar-refractivity contribution in [2.45, 2.75) is 0 Å². The fraction of sp³-hybridized carbons (Fsp3) is 0.0500. The Morgan fingerprint density at radius 1 is 1.00 bits per heavy atom. The molecule has 122 valence electrons. The normalized spacial score (nSPS) is 13.4. The molecule has 4 rings (SSSR count).